The number of hydrogen-bond donors (Lipinski definition) is 2. The van der Waals surface area contributed by atoms with Crippen LogP contribution in [0.25, 0.3) is 0 Å². The lowest BCUT2D eigenvalue weighted by Crippen LogP contribution is -2.20. The molecule has 2 rings (SSSR count). The summed E-state index contributed by atoms with van der Waals surface area (Å²) in [4.78, 5) is 9.95. The molecule has 0 aliphatic carbocycles. The van der Waals surface area contributed by atoms with E-state index in [1.807, 2.05) is 0 Å². The van der Waals surface area contributed by atoms with E-state index in [0.29, 0.717) is 6.07 Å². The first kappa shape index (κ1) is 15.6. The van der Waals surface area contributed by atoms with Crippen LogP contribution in [0.5, 0.6) is 0 Å². The molecule has 9 nitrogen and oxygen atoms in total. The summed E-state index contributed by atoms with van der Waals surface area (Å²) >= 11 is 0. The van der Waals surface area contributed by atoms with Gasteiger partial charge in [0.2, 0.25) is 0 Å². The lowest BCUT2D eigenvalue weighted by molar-refractivity contribution is -0.111. The van der Waals surface area contributed by atoms with Crippen LogP contribution >= 0.6 is 0 Å². The third kappa shape index (κ3) is 3.10. The number of ketones is 1. The van der Waals surface area contributed by atoms with E-state index < -0.39 is 30.0 Å². The average molecular weight is 334 g/mol. The SMILES string of the molecule is CC1=NN(c2ccc(S(=O)(=O)O)cc2S(=O)(=O)O)CC1=O. The number of hydrogen-bond acceptors (Lipinski definition) is 7. The van der Waals surface area contributed by atoms with Crippen molar-refractivity contribution in [3.63, 3.8) is 0 Å². The summed E-state index contributed by atoms with van der Waals surface area (Å²) in [6.45, 7) is 1.20. The molecule has 0 bridgehead atoms. The highest BCUT2D eigenvalue weighted by Crippen LogP contribution is 2.29. The fourth-order valence-electron chi connectivity index (χ4n) is 1.74. The highest BCUT2D eigenvalue weighted by atomic mass is 32.2. The van der Waals surface area contributed by atoms with Gasteiger partial charge in [-0.05, 0) is 25.1 Å². The largest absolute Gasteiger partial charge is 0.296 e. The lowest BCUT2D eigenvalue weighted by atomic mass is 10.2. The average Bonchev–Trinajstić information content (AvgIpc) is 2.66. The van der Waals surface area contributed by atoms with Gasteiger partial charge in [0.05, 0.1) is 10.6 Å². The van der Waals surface area contributed by atoms with Gasteiger partial charge in [-0.2, -0.15) is 21.9 Å². The molecule has 0 amide bonds. The van der Waals surface area contributed by atoms with E-state index in [1.54, 1.807) is 0 Å². The molecule has 1 heterocycles. The van der Waals surface area contributed by atoms with Crippen molar-refractivity contribution in [2.45, 2.75) is 16.7 Å². The molecule has 1 aliphatic heterocycles. The topological polar surface area (TPSA) is 141 Å². The summed E-state index contributed by atoms with van der Waals surface area (Å²) in [5.41, 5.74) is -0.0229. The molecule has 1 aliphatic rings. The molecule has 0 unspecified atom stereocenters. The van der Waals surface area contributed by atoms with Crippen LogP contribution in [-0.2, 0) is 25.0 Å². The first-order chi connectivity index (χ1) is 9.50. The van der Waals surface area contributed by atoms with E-state index in [1.165, 1.54) is 6.92 Å². The first-order valence-electron chi connectivity index (χ1n) is 5.45. The Kier molecular flexibility index (Phi) is 3.61. The van der Waals surface area contributed by atoms with E-state index in [2.05, 4.69) is 5.10 Å². The van der Waals surface area contributed by atoms with E-state index in [9.17, 15) is 26.2 Å². The number of carbonyl (C=O) groups is 1. The van der Waals surface area contributed by atoms with Crippen molar-refractivity contribution in [1.29, 1.82) is 0 Å². The van der Waals surface area contributed by atoms with Gasteiger partial charge in [0, 0.05) is 0 Å². The summed E-state index contributed by atoms with van der Waals surface area (Å²) in [7, 11) is -9.43. The zero-order chi connectivity index (χ0) is 16.0. The van der Waals surface area contributed by atoms with Crippen LogP contribution in [0, 0.1) is 0 Å². The van der Waals surface area contributed by atoms with Crippen LogP contribution in [0.4, 0.5) is 5.69 Å². The molecule has 0 saturated heterocycles. The van der Waals surface area contributed by atoms with Crippen molar-refractivity contribution in [3.8, 4) is 0 Å². The summed E-state index contributed by atoms with van der Waals surface area (Å²) in [5.74, 6) is -0.338. The van der Waals surface area contributed by atoms with Gasteiger partial charge in [-0.3, -0.25) is 18.9 Å². The predicted molar refractivity (Wildman–Crippen MR) is 71.5 cm³/mol. The standard InChI is InChI=1S/C10H10N2O7S2/c1-6-9(13)5-12(11-6)8-3-2-7(20(14,15)16)4-10(8)21(17,18)19/h2-4H,5H2,1H3,(H,14,15,16)(H,17,18,19). The Balaban J connectivity index is 2.66. The number of anilines is 1. The fourth-order valence-corrected chi connectivity index (χ4v) is 3.03. The van der Waals surface area contributed by atoms with Gasteiger partial charge >= 0.3 is 0 Å². The van der Waals surface area contributed by atoms with Crippen molar-refractivity contribution < 1.29 is 30.7 Å². The maximum absolute atomic E-state index is 11.4. The molecule has 0 spiro atoms. The van der Waals surface area contributed by atoms with Crippen LogP contribution in [0.3, 0.4) is 0 Å². The molecular weight excluding hydrogens is 324 g/mol. The minimum atomic E-state index is -4.79. The number of nitrogens with zero attached hydrogens (tertiary/aromatic N) is 2. The van der Waals surface area contributed by atoms with Crippen molar-refractivity contribution in [3.05, 3.63) is 18.2 Å². The number of hydrazone groups is 1. The molecule has 0 saturated carbocycles. The third-order valence-corrected chi connectivity index (χ3v) is 4.49. The van der Waals surface area contributed by atoms with E-state index in [0.717, 1.165) is 17.1 Å². The van der Waals surface area contributed by atoms with Crippen LogP contribution in [0.1, 0.15) is 6.92 Å². The summed E-state index contributed by atoms with van der Waals surface area (Å²) in [6, 6.07) is 2.56. The molecule has 114 valence electrons. The van der Waals surface area contributed by atoms with Crippen LogP contribution in [0.15, 0.2) is 33.1 Å². The second kappa shape index (κ2) is 4.87. The molecule has 0 aromatic heterocycles. The quantitative estimate of drug-likeness (QED) is 0.732. The molecule has 11 heteroatoms. The Hall–Kier alpha value is -1.82. The molecule has 0 radical (unpaired) electrons. The van der Waals surface area contributed by atoms with Gasteiger partial charge in [-0.1, -0.05) is 0 Å². The van der Waals surface area contributed by atoms with Crippen LogP contribution in [0.2, 0.25) is 0 Å². The first-order valence-corrected chi connectivity index (χ1v) is 8.33. The van der Waals surface area contributed by atoms with E-state index in [-0.39, 0.29) is 23.7 Å². The minimum absolute atomic E-state index is 0.148. The molecule has 0 atom stereocenters. The van der Waals surface area contributed by atoms with Gasteiger partial charge in [0.25, 0.3) is 20.2 Å². The molecule has 2 N–H and O–H groups in total. The smallest absolute Gasteiger partial charge is 0.291 e. The van der Waals surface area contributed by atoms with Crippen molar-refractivity contribution in [1.82, 2.24) is 0 Å². The fraction of sp³-hybridized carbons (Fsp3) is 0.200. The summed E-state index contributed by atoms with van der Waals surface area (Å²) < 4.78 is 62.9. The van der Waals surface area contributed by atoms with Gasteiger partial charge in [-0.25, -0.2) is 0 Å². The van der Waals surface area contributed by atoms with Gasteiger partial charge in [0.15, 0.2) is 5.78 Å². The monoisotopic (exact) mass is 334 g/mol. The van der Waals surface area contributed by atoms with Gasteiger partial charge in [-0.15, -0.1) is 0 Å². The summed E-state index contributed by atoms with van der Waals surface area (Å²) in [6.07, 6.45) is 0. The maximum atomic E-state index is 11.4. The zero-order valence-electron chi connectivity index (χ0n) is 10.6. The zero-order valence-corrected chi connectivity index (χ0v) is 12.2. The number of benzene rings is 1. The predicted octanol–water partition coefficient (Wildman–Crippen LogP) is -0.0550. The number of carbonyl (C=O) groups excluding carboxylic acids is 1. The van der Waals surface area contributed by atoms with Gasteiger partial charge < -0.3 is 0 Å². The van der Waals surface area contributed by atoms with E-state index in [4.69, 9.17) is 4.55 Å². The Morgan fingerprint density at radius 3 is 2.19 bits per heavy atom. The van der Waals surface area contributed by atoms with Crippen LogP contribution < -0.4 is 5.01 Å². The highest BCUT2D eigenvalue weighted by molar-refractivity contribution is 7.86. The third-order valence-electron chi connectivity index (χ3n) is 2.75. The number of rotatable bonds is 3. The minimum Gasteiger partial charge on any atom is -0.291 e. The van der Waals surface area contributed by atoms with Crippen molar-refractivity contribution in [2.24, 2.45) is 5.10 Å². The molecule has 1 aromatic rings. The highest BCUT2D eigenvalue weighted by Gasteiger charge is 2.28. The maximum Gasteiger partial charge on any atom is 0.296 e. The lowest BCUT2D eigenvalue weighted by Gasteiger charge is -2.16. The van der Waals surface area contributed by atoms with Gasteiger partial charge in [0.1, 0.15) is 17.2 Å². The second-order valence-corrected chi connectivity index (χ2v) is 7.06. The Bertz CT molecular complexity index is 855. The Labute approximate surface area is 120 Å². The van der Waals surface area contributed by atoms with Crippen LogP contribution in [-0.4, -0.2) is 44.0 Å². The summed E-state index contributed by atoms with van der Waals surface area (Å²) in [5, 5.41) is 4.84. The van der Waals surface area contributed by atoms with Crippen molar-refractivity contribution in [2.75, 3.05) is 11.6 Å². The molecule has 1 aromatic carbocycles. The van der Waals surface area contributed by atoms with Crippen molar-refractivity contribution >= 4 is 37.4 Å². The molecule has 21 heavy (non-hydrogen) atoms. The normalized spacial score (nSPS) is 16.2. The van der Waals surface area contributed by atoms with E-state index >= 15 is 0 Å². The molecule has 0 fully saturated rings. The second-order valence-electron chi connectivity index (χ2n) is 4.25. The Morgan fingerprint density at radius 1 is 1.14 bits per heavy atom. The molecular formula is C10H10N2O7S2. The Morgan fingerprint density at radius 2 is 1.76 bits per heavy atom. The number of Topliss-reactive ketones (excluding diaryl/α,β-unsaturated/α-hetero) is 1.